The van der Waals surface area contributed by atoms with Crippen LogP contribution in [0.1, 0.15) is 42.3 Å². The predicted molar refractivity (Wildman–Crippen MR) is 98.2 cm³/mol. The molecule has 2 aromatic rings. The SMILES string of the molecule is CCCc1nnc(NC(=O)CCCOc2cc(C)c(Cl)c(C)c2)s1. The number of hydrogen-bond acceptors (Lipinski definition) is 5. The van der Waals surface area contributed by atoms with Gasteiger partial charge in [-0.05, 0) is 49.9 Å². The number of carbonyl (C=O) groups is 1. The summed E-state index contributed by atoms with van der Waals surface area (Å²) < 4.78 is 5.70. The van der Waals surface area contributed by atoms with Gasteiger partial charge >= 0.3 is 0 Å². The van der Waals surface area contributed by atoms with Crippen molar-refractivity contribution >= 4 is 34.0 Å². The molecule has 0 bridgehead atoms. The maximum absolute atomic E-state index is 11.9. The number of halogens is 1. The zero-order chi connectivity index (χ0) is 17.5. The lowest BCUT2D eigenvalue weighted by atomic mass is 10.1. The second-order valence-corrected chi connectivity index (χ2v) is 7.06. The third kappa shape index (κ3) is 5.46. The van der Waals surface area contributed by atoms with E-state index in [0.717, 1.165) is 39.7 Å². The molecule has 7 heteroatoms. The predicted octanol–water partition coefficient (Wildman–Crippen LogP) is 4.56. The van der Waals surface area contributed by atoms with Gasteiger partial charge in [0, 0.05) is 17.9 Å². The van der Waals surface area contributed by atoms with E-state index in [0.29, 0.717) is 24.6 Å². The van der Waals surface area contributed by atoms with E-state index in [-0.39, 0.29) is 5.91 Å². The molecule has 1 aromatic heterocycles. The van der Waals surface area contributed by atoms with E-state index in [1.807, 2.05) is 26.0 Å². The molecule has 0 fully saturated rings. The van der Waals surface area contributed by atoms with Crippen LogP contribution in [-0.2, 0) is 11.2 Å². The topological polar surface area (TPSA) is 64.1 Å². The van der Waals surface area contributed by atoms with Crippen LogP contribution in [-0.4, -0.2) is 22.7 Å². The summed E-state index contributed by atoms with van der Waals surface area (Å²) in [6, 6.07) is 3.82. The van der Waals surface area contributed by atoms with Gasteiger partial charge in [-0.1, -0.05) is 29.9 Å². The molecule has 1 aromatic carbocycles. The Morgan fingerprint density at radius 1 is 1.29 bits per heavy atom. The molecule has 1 N–H and O–H groups in total. The first-order valence-electron chi connectivity index (χ1n) is 8.01. The number of nitrogens with zero attached hydrogens (tertiary/aromatic N) is 2. The number of aromatic nitrogens is 2. The number of aryl methyl sites for hydroxylation is 3. The molecule has 24 heavy (non-hydrogen) atoms. The number of carbonyl (C=O) groups excluding carboxylic acids is 1. The summed E-state index contributed by atoms with van der Waals surface area (Å²) in [5, 5.41) is 13.1. The average molecular weight is 368 g/mol. The number of amides is 1. The van der Waals surface area contributed by atoms with Crippen molar-refractivity contribution in [3.05, 3.63) is 33.3 Å². The number of rotatable bonds is 8. The minimum atomic E-state index is -0.0683. The average Bonchev–Trinajstić information content (AvgIpc) is 2.96. The number of benzene rings is 1. The summed E-state index contributed by atoms with van der Waals surface area (Å²) in [5.74, 6) is 0.712. The van der Waals surface area contributed by atoms with E-state index in [1.165, 1.54) is 11.3 Å². The lowest BCUT2D eigenvalue weighted by Crippen LogP contribution is -2.12. The molecule has 0 aliphatic heterocycles. The maximum Gasteiger partial charge on any atom is 0.226 e. The standard InChI is InChI=1S/C17H22ClN3O2S/c1-4-6-15-20-21-17(24-15)19-14(22)7-5-8-23-13-9-11(2)16(18)12(3)10-13/h9-10H,4-8H2,1-3H3,(H,19,21,22). The van der Waals surface area contributed by atoms with Gasteiger partial charge in [-0.25, -0.2) is 0 Å². The van der Waals surface area contributed by atoms with Crippen molar-refractivity contribution in [3.63, 3.8) is 0 Å². The van der Waals surface area contributed by atoms with Crippen LogP contribution in [0.5, 0.6) is 5.75 Å². The first kappa shape index (κ1) is 18.7. The Balaban J connectivity index is 1.72. The van der Waals surface area contributed by atoms with Gasteiger partial charge in [0.05, 0.1) is 6.61 Å². The van der Waals surface area contributed by atoms with Crippen LogP contribution in [0.25, 0.3) is 0 Å². The van der Waals surface area contributed by atoms with Gasteiger partial charge in [0.1, 0.15) is 10.8 Å². The molecular formula is C17H22ClN3O2S. The van der Waals surface area contributed by atoms with Crippen molar-refractivity contribution < 1.29 is 9.53 Å². The highest BCUT2D eigenvalue weighted by molar-refractivity contribution is 7.15. The van der Waals surface area contributed by atoms with Crippen LogP contribution in [0.2, 0.25) is 5.02 Å². The molecule has 0 aliphatic rings. The molecule has 0 unspecified atom stereocenters. The second-order valence-electron chi connectivity index (χ2n) is 5.62. The molecule has 0 saturated heterocycles. The lowest BCUT2D eigenvalue weighted by molar-refractivity contribution is -0.116. The summed E-state index contributed by atoms with van der Waals surface area (Å²) in [4.78, 5) is 11.9. The zero-order valence-electron chi connectivity index (χ0n) is 14.2. The fraction of sp³-hybridized carbons (Fsp3) is 0.471. The lowest BCUT2D eigenvalue weighted by Gasteiger charge is -2.09. The first-order chi connectivity index (χ1) is 11.5. The largest absolute Gasteiger partial charge is 0.494 e. The third-order valence-electron chi connectivity index (χ3n) is 3.40. The second kappa shape index (κ2) is 8.99. The van der Waals surface area contributed by atoms with Crippen LogP contribution in [0.3, 0.4) is 0 Å². The molecule has 130 valence electrons. The highest BCUT2D eigenvalue weighted by Gasteiger charge is 2.08. The summed E-state index contributed by atoms with van der Waals surface area (Å²) in [6.07, 6.45) is 2.92. The van der Waals surface area contributed by atoms with Crippen LogP contribution in [0.15, 0.2) is 12.1 Å². The quantitative estimate of drug-likeness (QED) is 0.694. The highest BCUT2D eigenvalue weighted by atomic mass is 35.5. The molecule has 0 saturated carbocycles. The number of hydrogen-bond donors (Lipinski definition) is 1. The number of nitrogens with one attached hydrogen (secondary N) is 1. The molecule has 0 aliphatic carbocycles. The number of ether oxygens (including phenoxy) is 1. The summed E-state index contributed by atoms with van der Waals surface area (Å²) in [7, 11) is 0. The van der Waals surface area contributed by atoms with Crippen LogP contribution >= 0.6 is 22.9 Å². The molecule has 5 nitrogen and oxygen atoms in total. The van der Waals surface area contributed by atoms with Gasteiger partial charge in [0.15, 0.2) is 0 Å². The minimum Gasteiger partial charge on any atom is -0.494 e. The van der Waals surface area contributed by atoms with Gasteiger partial charge in [-0.3, -0.25) is 4.79 Å². The number of anilines is 1. The minimum absolute atomic E-state index is 0.0683. The zero-order valence-corrected chi connectivity index (χ0v) is 15.8. The Labute approximate surface area is 151 Å². The van der Waals surface area contributed by atoms with Crippen molar-refractivity contribution in [2.45, 2.75) is 46.5 Å². The van der Waals surface area contributed by atoms with Crippen LogP contribution in [0, 0.1) is 13.8 Å². The van der Waals surface area contributed by atoms with E-state index in [1.54, 1.807) is 0 Å². The Morgan fingerprint density at radius 2 is 2.00 bits per heavy atom. The smallest absolute Gasteiger partial charge is 0.226 e. The van der Waals surface area contributed by atoms with E-state index in [2.05, 4.69) is 22.4 Å². The van der Waals surface area contributed by atoms with Crippen molar-refractivity contribution in [2.24, 2.45) is 0 Å². The van der Waals surface area contributed by atoms with E-state index in [9.17, 15) is 4.79 Å². The molecule has 1 amide bonds. The van der Waals surface area contributed by atoms with E-state index >= 15 is 0 Å². The van der Waals surface area contributed by atoms with Gasteiger partial charge in [0.2, 0.25) is 11.0 Å². The van der Waals surface area contributed by atoms with Gasteiger partial charge in [0.25, 0.3) is 0 Å². The van der Waals surface area contributed by atoms with Gasteiger partial charge in [-0.2, -0.15) is 0 Å². The van der Waals surface area contributed by atoms with Crippen molar-refractivity contribution in [2.75, 3.05) is 11.9 Å². The summed E-state index contributed by atoms with van der Waals surface area (Å²) in [5.41, 5.74) is 1.98. The Bertz CT molecular complexity index is 680. The Morgan fingerprint density at radius 3 is 2.67 bits per heavy atom. The van der Waals surface area contributed by atoms with Crippen molar-refractivity contribution in [1.29, 1.82) is 0 Å². The van der Waals surface area contributed by atoms with E-state index in [4.69, 9.17) is 16.3 Å². The Kier molecular flexibility index (Phi) is 6.99. The molecule has 1 heterocycles. The van der Waals surface area contributed by atoms with Gasteiger partial charge in [-0.15, -0.1) is 10.2 Å². The van der Waals surface area contributed by atoms with Crippen molar-refractivity contribution in [1.82, 2.24) is 10.2 Å². The molecule has 0 radical (unpaired) electrons. The first-order valence-corrected chi connectivity index (χ1v) is 9.20. The maximum atomic E-state index is 11.9. The molecule has 0 atom stereocenters. The summed E-state index contributed by atoms with van der Waals surface area (Å²) in [6.45, 7) is 6.46. The fourth-order valence-electron chi connectivity index (χ4n) is 2.21. The fourth-order valence-corrected chi connectivity index (χ4v) is 3.18. The van der Waals surface area contributed by atoms with Gasteiger partial charge < -0.3 is 10.1 Å². The molecule has 2 rings (SSSR count). The van der Waals surface area contributed by atoms with Crippen molar-refractivity contribution in [3.8, 4) is 5.75 Å². The van der Waals surface area contributed by atoms with Crippen LogP contribution in [0.4, 0.5) is 5.13 Å². The monoisotopic (exact) mass is 367 g/mol. The van der Waals surface area contributed by atoms with Crippen LogP contribution < -0.4 is 10.1 Å². The summed E-state index contributed by atoms with van der Waals surface area (Å²) >= 11 is 7.56. The highest BCUT2D eigenvalue weighted by Crippen LogP contribution is 2.26. The normalized spacial score (nSPS) is 10.7. The van der Waals surface area contributed by atoms with E-state index < -0.39 is 0 Å². The molecular weight excluding hydrogens is 346 g/mol. The molecule has 0 spiro atoms. The Hall–Kier alpha value is -1.66. The third-order valence-corrected chi connectivity index (χ3v) is 4.90.